The van der Waals surface area contributed by atoms with Gasteiger partial charge in [0.05, 0.1) is 17.2 Å². The molecule has 2 amide bonds. The summed E-state index contributed by atoms with van der Waals surface area (Å²) in [4.78, 5) is 41.1. The third kappa shape index (κ3) is 6.15. The van der Waals surface area contributed by atoms with Crippen molar-refractivity contribution in [2.24, 2.45) is 0 Å². The van der Waals surface area contributed by atoms with Crippen molar-refractivity contribution in [2.75, 3.05) is 16.4 Å². The fourth-order valence-corrected chi connectivity index (χ4v) is 4.84. The van der Waals surface area contributed by atoms with Gasteiger partial charge in [0.1, 0.15) is 6.54 Å². The second kappa shape index (κ2) is 10.6. The number of amides is 2. The molecule has 168 valence electrons. The molecule has 4 rings (SSSR count). The van der Waals surface area contributed by atoms with Crippen LogP contribution in [0.2, 0.25) is 5.02 Å². The van der Waals surface area contributed by atoms with E-state index in [9.17, 15) is 14.4 Å². The number of carbonyl (C=O) groups is 2. The highest BCUT2D eigenvalue weighted by molar-refractivity contribution is 8.01. The van der Waals surface area contributed by atoms with Gasteiger partial charge in [-0.3, -0.25) is 24.3 Å². The summed E-state index contributed by atoms with van der Waals surface area (Å²) in [7, 11) is 0. The number of rotatable bonds is 8. The van der Waals surface area contributed by atoms with Gasteiger partial charge in [-0.1, -0.05) is 52.9 Å². The van der Waals surface area contributed by atoms with Gasteiger partial charge in [0, 0.05) is 22.9 Å². The topological polar surface area (TPSA) is 119 Å². The van der Waals surface area contributed by atoms with Gasteiger partial charge >= 0.3 is 0 Å². The fourth-order valence-electron chi connectivity index (χ4n) is 2.87. The second-order valence-electron chi connectivity index (χ2n) is 6.77. The SMILES string of the molecule is O=C(CCSc1nnc(NC(=O)Cn2cnc3ccccc3c2=O)s1)Nc1cccc(Cl)c1. The molecule has 12 heteroatoms. The number of nitrogens with one attached hydrogen (secondary N) is 2. The number of fused-ring (bicyclic) bond motifs is 1. The second-order valence-corrected chi connectivity index (χ2v) is 9.53. The molecule has 0 atom stereocenters. The number of aromatic nitrogens is 4. The standard InChI is InChI=1S/C21H17ClN6O3S2/c22-13-4-3-5-14(10-13)24-17(29)8-9-32-21-27-26-20(33-21)25-18(30)11-28-12-23-16-7-2-1-6-15(16)19(28)31/h1-7,10,12H,8-9,11H2,(H,24,29)(H,25,26,30). The zero-order chi connectivity index (χ0) is 23.2. The number of para-hydroxylation sites is 1. The molecule has 2 aromatic carbocycles. The summed E-state index contributed by atoms with van der Waals surface area (Å²) in [6.45, 7) is -0.192. The summed E-state index contributed by atoms with van der Waals surface area (Å²) >= 11 is 8.46. The Bertz CT molecular complexity index is 1370. The van der Waals surface area contributed by atoms with Gasteiger partial charge in [-0.05, 0) is 30.3 Å². The first-order valence-electron chi connectivity index (χ1n) is 9.74. The smallest absolute Gasteiger partial charge is 0.261 e. The molecule has 9 nitrogen and oxygen atoms in total. The van der Waals surface area contributed by atoms with Crippen molar-refractivity contribution in [1.82, 2.24) is 19.7 Å². The molecule has 33 heavy (non-hydrogen) atoms. The van der Waals surface area contributed by atoms with E-state index in [1.165, 1.54) is 34.0 Å². The maximum Gasteiger partial charge on any atom is 0.261 e. The highest BCUT2D eigenvalue weighted by Crippen LogP contribution is 2.26. The lowest BCUT2D eigenvalue weighted by molar-refractivity contribution is -0.117. The van der Waals surface area contributed by atoms with E-state index in [0.717, 1.165) is 0 Å². The molecule has 0 saturated heterocycles. The highest BCUT2D eigenvalue weighted by atomic mass is 35.5. The van der Waals surface area contributed by atoms with E-state index in [1.54, 1.807) is 48.5 Å². The first kappa shape index (κ1) is 22.9. The first-order chi connectivity index (χ1) is 16.0. The lowest BCUT2D eigenvalue weighted by Gasteiger charge is -2.06. The van der Waals surface area contributed by atoms with Crippen LogP contribution in [-0.4, -0.2) is 37.3 Å². The Balaban J connectivity index is 1.26. The van der Waals surface area contributed by atoms with Crippen molar-refractivity contribution in [3.05, 3.63) is 70.2 Å². The molecule has 0 aliphatic carbocycles. The van der Waals surface area contributed by atoms with E-state index in [2.05, 4.69) is 25.8 Å². The molecule has 0 fully saturated rings. The lowest BCUT2D eigenvalue weighted by atomic mass is 10.2. The molecule has 0 bridgehead atoms. The van der Waals surface area contributed by atoms with Gasteiger partial charge in [0.25, 0.3) is 5.56 Å². The van der Waals surface area contributed by atoms with Crippen LogP contribution in [0.5, 0.6) is 0 Å². The van der Waals surface area contributed by atoms with Gasteiger partial charge in [0.2, 0.25) is 16.9 Å². The molecule has 2 heterocycles. The molecule has 0 unspecified atom stereocenters. The normalized spacial score (nSPS) is 10.8. The Labute approximate surface area is 201 Å². The fraction of sp³-hybridized carbons (Fsp3) is 0.143. The first-order valence-corrected chi connectivity index (χ1v) is 11.9. The predicted octanol–water partition coefficient (Wildman–Crippen LogP) is 3.66. The third-order valence-corrected chi connectivity index (χ3v) is 6.57. The quantitative estimate of drug-likeness (QED) is 0.280. The highest BCUT2D eigenvalue weighted by Gasteiger charge is 2.12. The zero-order valence-electron chi connectivity index (χ0n) is 17.0. The van der Waals surface area contributed by atoms with Gasteiger partial charge < -0.3 is 5.32 Å². The van der Waals surface area contributed by atoms with Crippen LogP contribution in [0.25, 0.3) is 10.9 Å². The molecule has 2 aromatic heterocycles. The van der Waals surface area contributed by atoms with Crippen LogP contribution in [0, 0.1) is 0 Å². The van der Waals surface area contributed by atoms with Gasteiger partial charge in [0.15, 0.2) is 4.34 Å². The van der Waals surface area contributed by atoms with Crippen LogP contribution < -0.4 is 16.2 Å². The molecule has 0 saturated carbocycles. The van der Waals surface area contributed by atoms with Crippen molar-refractivity contribution in [3.63, 3.8) is 0 Å². The minimum absolute atomic E-state index is 0.141. The Hall–Kier alpha value is -3.28. The van der Waals surface area contributed by atoms with Gasteiger partial charge in [-0.25, -0.2) is 4.98 Å². The van der Waals surface area contributed by atoms with Crippen LogP contribution in [-0.2, 0) is 16.1 Å². The summed E-state index contributed by atoms with van der Waals surface area (Å²) in [6.07, 6.45) is 1.62. The van der Waals surface area contributed by atoms with Crippen molar-refractivity contribution >= 4 is 68.2 Å². The summed E-state index contributed by atoms with van der Waals surface area (Å²) < 4.78 is 1.86. The lowest BCUT2D eigenvalue weighted by Crippen LogP contribution is -2.27. The summed E-state index contributed by atoms with van der Waals surface area (Å²) in [6, 6.07) is 13.9. The average molecular weight is 501 g/mol. The Morgan fingerprint density at radius 2 is 1.91 bits per heavy atom. The van der Waals surface area contributed by atoms with E-state index in [0.29, 0.717) is 36.8 Å². The summed E-state index contributed by atoms with van der Waals surface area (Å²) in [5.41, 5.74) is 0.922. The molecule has 0 aliphatic rings. The number of thioether (sulfide) groups is 1. The third-order valence-electron chi connectivity index (χ3n) is 4.36. The van der Waals surface area contributed by atoms with E-state index in [4.69, 9.17) is 11.6 Å². The number of nitrogens with zero attached hydrogens (tertiary/aromatic N) is 4. The van der Waals surface area contributed by atoms with Crippen LogP contribution in [0.1, 0.15) is 6.42 Å². The molecule has 4 aromatic rings. The number of hydrogen-bond acceptors (Lipinski definition) is 8. The Morgan fingerprint density at radius 1 is 1.06 bits per heavy atom. The van der Waals surface area contributed by atoms with Gasteiger partial charge in [-0.2, -0.15) is 0 Å². The number of anilines is 2. The van der Waals surface area contributed by atoms with Crippen molar-refractivity contribution in [2.45, 2.75) is 17.3 Å². The van der Waals surface area contributed by atoms with Crippen molar-refractivity contribution in [1.29, 1.82) is 0 Å². The molecular formula is C21H17ClN6O3S2. The summed E-state index contributed by atoms with van der Waals surface area (Å²) in [5, 5.41) is 14.7. The molecule has 2 N–H and O–H groups in total. The number of hydrogen-bond donors (Lipinski definition) is 2. The number of carbonyl (C=O) groups excluding carboxylic acids is 2. The maximum atomic E-state index is 12.5. The summed E-state index contributed by atoms with van der Waals surface area (Å²) in [5.74, 6) is -0.0623. The maximum absolute atomic E-state index is 12.5. The zero-order valence-corrected chi connectivity index (χ0v) is 19.4. The molecule has 0 radical (unpaired) electrons. The molecular weight excluding hydrogens is 484 g/mol. The molecule has 0 spiro atoms. The Kier molecular flexibility index (Phi) is 7.33. The average Bonchev–Trinajstić information content (AvgIpc) is 3.23. The minimum atomic E-state index is -0.414. The minimum Gasteiger partial charge on any atom is -0.326 e. The number of halogens is 1. The van der Waals surface area contributed by atoms with Crippen LogP contribution in [0.15, 0.2) is 64.0 Å². The number of benzene rings is 2. The van der Waals surface area contributed by atoms with Crippen LogP contribution in [0.3, 0.4) is 0 Å². The van der Waals surface area contributed by atoms with E-state index in [1.807, 2.05) is 0 Å². The monoisotopic (exact) mass is 500 g/mol. The largest absolute Gasteiger partial charge is 0.326 e. The molecule has 0 aliphatic heterocycles. The Morgan fingerprint density at radius 3 is 2.76 bits per heavy atom. The van der Waals surface area contributed by atoms with Crippen molar-refractivity contribution in [3.8, 4) is 0 Å². The predicted molar refractivity (Wildman–Crippen MR) is 130 cm³/mol. The van der Waals surface area contributed by atoms with E-state index >= 15 is 0 Å². The van der Waals surface area contributed by atoms with E-state index < -0.39 is 5.91 Å². The van der Waals surface area contributed by atoms with Gasteiger partial charge in [-0.15, -0.1) is 10.2 Å². The van der Waals surface area contributed by atoms with Crippen LogP contribution in [0.4, 0.5) is 10.8 Å². The van der Waals surface area contributed by atoms with Crippen LogP contribution >= 0.6 is 34.7 Å². The van der Waals surface area contributed by atoms with E-state index in [-0.39, 0.29) is 24.4 Å². The van der Waals surface area contributed by atoms with Crippen molar-refractivity contribution < 1.29 is 9.59 Å².